The van der Waals surface area contributed by atoms with Crippen LogP contribution in [0.2, 0.25) is 0 Å². The first kappa shape index (κ1) is 50.3. The second kappa shape index (κ2) is 17.0. The summed E-state index contributed by atoms with van der Waals surface area (Å²) in [6.07, 6.45) is -12.3. The summed E-state index contributed by atoms with van der Waals surface area (Å²) in [5, 5.41) is 18.9. The average molecular weight is 839 g/mol. The zero-order chi connectivity index (χ0) is 42.3. The van der Waals surface area contributed by atoms with Gasteiger partial charge in [-0.1, -0.05) is 113 Å². The van der Waals surface area contributed by atoms with Gasteiger partial charge >= 0.3 is 24.1 Å². The molecule has 0 unspecified atom stereocenters. The van der Waals surface area contributed by atoms with Crippen LogP contribution in [-0.4, -0.2) is 58.9 Å². The summed E-state index contributed by atoms with van der Waals surface area (Å²) < 4.78 is 103. The van der Waals surface area contributed by atoms with Gasteiger partial charge in [0.1, 0.15) is 5.75 Å². The molecular weight excluding hydrogens is 782 g/mol. The van der Waals surface area contributed by atoms with Crippen LogP contribution >= 0.6 is 0 Å². The molecule has 2 aromatic carbocycles. The van der Waals surface area contributed by atoms with Crippen LogP contribution in [0.5, 0.6) is 5.75 Å². The summed E-state index contributed by atoms with van der Waals surface area (Å²) >= 11 is 0. The second-order valence-electron chi connectivity index (χ2n) is 18.2. The van der Waals surface area contributed by atoms with Crippen molar-refractivity contribution < 1.29 is 66.5 Å². The number of hydrogen-bond acceptors (Lipinski definition) is 4. The Balaban J connectivity index is 0.000000857. The van der Waals surface area contributed by atoms with Gasteiger partial charge < -0.3 is 15.2 Å². The van der Waals surface area contributed by atoms with Crippen molar-refractivity contribution in [3.8, 4) is 5.75 Å². The summed E-state index contributed by atoms with van der Waals surface area (Å²) in [5.74, 6) is 0.343. The fourth-order valence-electron chi connectivity index (χ4n) is 5.95. The molecule has 2 aromatic rings. The quantitative estimate of drug-likeness (QED) is 0.183. The molecule has 4 nitrogen and oxygen atoms in total. The second-order valence-corrected chi connectivity index (χ2v) is 18.2. The molecule has 0 bridgehead atoms. The predicted octanol–water partition coefficient (Wildman–Crippen LogP) is 12.0. The van der Waals surface area contributed by atoms with E-state index < -0.39 is 24.1 Å². The van der Waals surface area contributed by atoms with Gasteiger partial charge in [-0.25, -0.2) is 0 Å². The monoisotopic (exact) mass is 838 g/mol. The smallest absolute Gasteiger partial charge is 0.435 e. The van der Waals surface area contributed by atoms with Crippen LogP contribution in [0, 0.1) is 6.92 Å². The maximum Gasteiger partial charge on any atom is 0.435 e. The van der Waals surface area contributed by atoms with Crippen LogP contribution in [0.25, 0.3) is 0 Å². The van der Waals surface area contributed by atoms with Crippen molar-refractivity contribution in [3.63, 3.8) is 0 Å². The molecule has 315 valence electrons. The van der Waals surface area contributed by atoms with Gasteiger partial charge in [0.15, 0.2) is 0 Å². The third-order valence-corrected chi connectivity index (χ3v) is 9.51. The minimum absolute atomic E-state index is 0. The first-order valence-electron chi connectivity index (χ1n) is 17.8. The fraction of sp³-hybridized carbons (Fsp3) is 0.634. The molecule has 1 aliphatic rings. The SMILES string of the molecule is OC(C(F)(F)F)(C(F)(F)F)C(F)(F)F.[CH2-]c1c(C=N[C@@H]2CCCC[C@H]2N=Cc2cc(C(C)(C)C)cc(C(C)(C)C)c2O)cc(C(C)(C)C)cc1C(C)(C)C.[Co]. The van der Waals surface area contributed by atoms with Crippen molar-refractivity contribution in [1.82, 2.24) is 0 Å². The molecule has 55 heavy (non-hydrogen) atoms. The Hall–Kier alpha value is -2.71. The summed E-state index contributed by atoms with van der Waals surface area (Å²) in [7, 11) is 0. The maximum absolute atomic E-state index is 11.4. The van der Waals surface area contributed by atoms with E-state index in [-0.39, 0.29) is 50.5 Å². The van der Waals surface area contributed by atoms with Crippen LogP contribution in [-0.2, 0) is 38.4 Å². The molecule has 1 saturated carbocycles. The zero-order valence-corrected chi connectivity index (χ0v) is 34.7. The third kappa shape index (κ3) is 12.1. The Kier molecular flexibility index (Phi) is 15.6. The van der Waals surface area contributed by atoms with E-state index >= 15 is 0 Å². The van der Waals surface area contributed by atoms with Crippen molar-refractivity contribution >= 4 is 12.4 Å². The Labute approximate surface area is 330 Å². The number of aliphatic hydroxyl groups is 1. The fourth-order valence-corrected chi connectivity index (χ4v) is 5.95. The van der Waals surface area contributed by atoms with Crippen molar-refractivity contribution in [2.24, 2.45) is 9.98 Å². The topological polar surface area (TPSA) is 65.2 Å². The van der Waals surface area contributed by atoms with Gasteiger partial charge in [0.05, 0.1) is 12.1 Å². The molecular formula is C41H56CoF9N2O2-. The van der Waals surface area contributed by atoms with Gasteiger partial charge in [0, 0.05) is 34.1 Å². The first-order valence-corrected chi connectivity index (χ1v) is 17.8. The molecule has 2 N–H and O–H groups in total. The third-order valence-electron chi connectivity index (χ3n) is 9.51. The summed E-state index contributed by atoms with van der Waals surface area (Å²) in [4.78, 5) is 10.2. The van der Waals surface area contributed by atoms with Gasteiger partial charge in [-0.05, 0) is 46.9 Å². The molecule has 2 atom stereocenters. The normalized spacial score (nSPS) is 18.3. The molecule has 0 saturated heterocycles. The zero-order valence-electron chi connectivity index (χ0n) is 33.7. The molecule has 0 heterocycles. The number of hydrogen-bond donors (Lipinski definition) is 2. The molecule has 0 aromatic heterocycles. The molecule has 3 rings (SSSR count). The Morgan fingerprint density at radius 1 is 0.564 bits per heavy atom. The predicted molar refractivity (Wildman–Crippen MR) is 198 cm³/mol. The number of alkyl halides is 9. The summed E-state index contributed by atoms with van der Waals surface area (Å²) in [6.45, 7) is 31.1. The molecule has 0 aliphatic heterocycles. The minimum atomic E-state index is -6.87. The van der Waals surface area contributed by atoms with E-state index in [2.05, 4.69) is 120 Å². The Morgan fingerprint density at radius 3 is 1.20 bits per heavy atom. The van der Waals surface area contributed by atoms with Crippen LogP contribution in [0.1, 0.15) is 148 Å². The van der Waals surface area contributed by atoms with E-state index in [0.29, 0.717) is 5.75 Å². The van der Waals surface area contributed by atoms with Crippen molar-refractivity contribution in [1.29, 1.82) is 0 Å². The standard InChI is InChI=1S/C37H55N2O.C4HF9O.Co/c1-24-25(18-27(34(2,3)4)20-29(24)36(8,9)10)22-38-31-16-14-15-17-32(31)39-23-26-19-28(35(5,6)7)21-30(33(26)40)37(11,12)13;5-2(6,7)1(14,3(8,9)10)4(11,12)13;/h18-23,31-32,40H,1,14-17H2,2-13H3;14H;/q-1;;/t31-,32-;;/m1../s1. The summed E-state index contributed by atoms with van der Waals surface area (Å²) in [5.41, 5.74) is 0.940. The van der Waals surface area contributed by atoms with Crippen molar-refractivity contribution in [2.75, 3.05) is 0 Å². The number of halogens is 9. The minimum Gasteiger partial charge on any atom is -0.507 e. The van der Waals surface area contributed by atoms with E-state index in [9.17, 15) is 44.6 Å². The number of benzene rings is 2. The van der Waals surface area contributed by atoms with E-state index in [1.165, 1.54) is 23.1 Å². The van der Waals surface area contributed by atoms with Crippen LogP contribution in [0.3, 0.4) is 0 Å². The number of aliphatic imine (C=N–C) groups is 2. The number of phenolic OH excluding ortho intramolecular Hbond substituents is 1. The van der Waals surface area contributed by atoms with E-state index in [4.69, 9.17) is 15.1 Å². The first-order chi connectivity index (χ1) is 23.9. The van der Waals surface area contributed by atoms with E-state index in [1.54, 1.807) is 0 Å². The van der Waals surface area contributed by atoms with Gasteiger partial charge in [-0.3, -0.25) is 4.99 Å². The molecule has 1 fully saturated rings. The van der Waals surface area contributed by atoms with Crippen LogP contribution in [0.4, 0.5) is 39.5 Å². The van der Waals surface area contributed by atoms with Gasteiger partial charge in [-0.2, -0.15) is 52.0 Å². The van der Waals surface area contributed by atoms with Gasteiger partial charge in [0.2, 0.25) is 0 Å². The van der Waals surface area contributed by atoms with Gasteiger partial charge in [0.25, 0.3) is 0 Å². The Bertz CT molecular complexity index is 1530. The largest absolute Gasteiger partial charge is 0.507 e. The van der Waals surface area contributed by atoms with Crippen molar-refractivity contribution in [2.45, 2.75) is 167 Å². The number of phenols is 1. The molecule has 1 aliphatic carbocycles. The Morgan fingerprint density at radius 2 is 0.891 bits per heavy atom. The van der Waals surface area contributed by atoms with Crippen LogP contribution in [0.15, 0.2) is 34.3 Å². The molecule has 1 radical (unpaired) electrons. The number of rotatable bonds is 4. The molecule has 0 spiro atoms. The van der Waals surface area contributed by atoms with E-state index in [0.717, 1.165) is 41.5 Å². The number of aromatic hydroxyl groups is 1. The van der Waals surface area contributed by atoms with E-state index in [1.807, 2.05) is 6.21 Å². The van der Waals surface area contributed by atoms with Crippen molar-refractivity contribution in [3.05, 3.63) is 70.1 Å². The number of nitrogens with zero attached hydrogens (tertiary/aromatic N) is 2. The summed E-state index contributed by atoms with van der Waals surface area (Å²) in [6, 6.07) is 9.09. The average Bonchev–Trinajstić information content (AvgIpc) is 2.96. The molecule has 0 amide bonds. The maximum atomic E-state index is 11.4. The van der Waals surface area contributed by atoms with Gasteiger partial charge in [-0.15, -0.1) is 23.3 Å². The molecule has 14 heteroatoms. The van der Waals surface area contributed by atoms with Crippen LogP contribution < -0.4 is 0 Å².